The van der Waals surface area contributed by atoms with Gasteiger partial charge in [-0.25, -0.2) is 4.90 Å². The van der Waals surface area contributed by atoms with E-state index in [9.17, 15) is 14.4 Å². The topological polar surface area (TPSA) is 97.0 Å². The van der Waals surface area contributed by atoms with Gasteiger partial charge in [0.25, 0.3) is 17.7 Å². The number of carbonyl (C=O) groups excluding carboxylic acids is 3. The average molecular weight is 574 g/mol. The zero-order valence-corrected chi connectivity index (χ0v) is 22.5. The third-order valence-electron chi connectivity index (χ3n) is 5.93. The summed E-state index contributed by atoms with van der Waals surface area (Å²) in [5.74, 6) is 0.0168. The third kappa shape index (κ3) is 5.63. The number of ether oxygens (including phenoxy) is 2. The molecule has 40 heavy (non-hydrogen) atoms. The smallest absolute Gasteiger partial charge is 0.283 e. The number of nitrogens with zero attached hydrogens (tertiary/aromatic N) is 1. The van der Waals surface area contributed by atoms with Crippen LogP contribution in [0.15, 0.2) is 108 Å². The molecular formula is C30H21Cl2N3O5. The Morgan fingerprint density at radius 3 is 2.15 bits per heavy atom. The number of para-hydroxylation sites is 1. The summed E-state index contributed by atoms with van der Waals surface area (Å²) in [6, 6.07) is 27.0. The number of halogens is 2. The van der Waals surface area contributed by atoms with E-state index in [-0.39, 0.29) is 16.6 Å². The van der Waals surface area contributed by atoms with Gasteiger partial charge in [-0.05, 0) is 78.9 Å². The molecular weight excluding hydrogens is 553 g/mol. The first-order valence-electron chi connectivity index (χ1n) is 12.0. The Balaban J connectivity index is 1.26. The van der Waals surface area contributed by atoms with Crippen molar-refractivity contribution >= 4 is 58.0 Å². The van der Waals surface area contributed by atoms with Gasteiger partial charge in [0, 0.05) is 16.3 Å². The van der Waals surface area contributed by atoms with Crippen LogP contribution in [-0.2, 0) is 9.59 Å². The normalized spacial score (nSPS) is 12.9. The Hall–Kier alpha value is -4.79. The number of benzene rings is 4. The van der Waals surface area contributed by atoms with Crippen molar-refractivity contribution in [1.29, 1.82) is 0 Å². The van der Waals surface area contributed by atoms with Gasteiger partial charge in [-0.3, -0.25) is 14.4 Å². The molecule has 0 saturated heterocycles. The van der Waals surface area contributed by atoms with Crippen LogP contribution in [0, 0.1) is 0 Å². The average Bonchev–Trinajstić information content (AvgIpc) is 3.17. The molecule has 1 aliphatic rings. The van der Waals surface area contributed by atoms with Gasteiger partial charge in [0.1, 0.15) is 28.0 Å². The zero-order chi connectivity index (χ0) is 28.2. The van der Waals surface area contributed by atoms with Crippen molar-refractivity contribution in [3.8, 4) is 17.2 Å². The van der Waals surface area contributed by atoms with Crippen molar-refractivity contribution in [2.45, 2.75) is 0 Å². The van der Waals surface area contributed by atoms with E-state index in [1.165, 1.54) is 7.11 Å². The Morgan fingerprint density at radius 1 is 0.800 bits per heavy atom. The quantitative estimate of drug-likeness (QED) is 0.224. The zero-order valence-electron chi connectivity index (χ0n) is 21.0. The summed E-state index contributed by atoms with van der Waals surface area (Å²) in [7, 11) is 1.49. The maximum absolute atomic E-state index is 13.2. The second-order valence-corrected chi connectivity index (χ2v) is 9.36. The second-order valence-electron chi connectivity index (χ2n) is 8.54. The lowest BCUT2D eigenvalue weighted by atomic mass is 10.1. The molecule has 8 nitrogen and oxygen atoms in total. The number of anilines is 3. The molecule has 0 radical (unpaired) electrons. The molecule has 4 aromatic rings. The van der Waals surface area contributed by atoms with Crippen LogP contribution in [0.5, 0.6) is 17.2 Å². The van der Waals surface area contributed by atoms with Crippen LogP contribution < -0.4 is 25.0 Å². The Morgan fingerprint density at radius 2 is 1.48 bits per heavy atom. The van der Waals surface area contributed by atoms with E-state index in [2.05, 4.69) is 10.6 Å². The molecule has 200 valence electrons. The van der Waals surface area contributed by atoms with E-state index >= 15 is 0 Å². The van der Waals surface area contributed by atoms with E-state index < -0.39 is 11.8 Å². The Kier molecular flexibility index (Phi) is 7.72. The predicted molar refractivity (Wildman–Crippen MR) is 154 cm³/mol. The van der Waals surface area contributed by atoms with Crippen LogP contribution in [0.3, 0.4) is 0 Å². The number of imide groups is 1. The Bertz CT molecular complexity index is 1620. The molecule has 0 aliphatic carbocycles. The van der Waals surface area contributed by atoms with E-state index in [4.69, 9.17) is 32.7 Å². The SMILES string of the molecule is COc1ccc(Cl)cc1NC(=O)c1ccc(NC2=C(Cl)C(=O)N(c3ccc(Oc4ccccc4)cc3)C2=O)cc1. The van der Waals surface area contributed by atoms with Gasteiger partial charge >= 0.3 is 0 Å². The number of amides is 3. The van der Waals surface area contributed by atoms with Crippen LogP contribution in [-0.4, -0.2) is 24.8 Å². The summed E-state index contributed by atoms with van der Waals surface area (Å²) in [4.78, 5) is 39.7. The molecule has 1 heterocycles. The van der Waals surface area contributed by atoms with Crippen molar-refractivity contribution in [3.63, 3.8) is 0 Å². The maximum atomic E-state index is 13.2. The second kappa shape index (κ2) is 11.5. The van der Waals surface area contributed by atoms with Gasteiger partial charge in [0.2, 0.25) is 0 Å². The van der Waals surface area contributed by atoms with E-state index in [1.54, 1.807) is 66.7 Å². The summed E-state index contributed by atoms with van der Waals surface area (Å²) < 4.78 is 11.0. The molecule has 0 aromatic heterocycles. The molecule has 0 atom stereocenters. The fourth-order valence-electron chi connectivity index (χ4n) is 3.96. The van der Waals surface area contributed by atoms with E-state index in [0.29, 0.717) is 44.9 Å². The number of hydrogen-bond donors (Lipinski definition) is 2. The lowest BCUT2D eigenvalue weighted by Gasteiger charge is -2.16. The van der Waals surface area contributed by atoms with Gasteiger partial charge < -0.3 is 20.1 Å². The summed E-state index contributed by atoms with van der Waals surface area (Å²) in [5, 5.41) is 5.86. The van der Waals surface area contributed by atoms with E-state index in [0.717, 1.165) is 4.90 Å². The molecule has 1 aliphatic heterocycles. The molecule has 5 rings (SSSR count). The van der Waals surface area contributed by atoms with Crippen molar-refractivity contribution in [2.75, 3.05) is 22.6 Å². The first-order chi connectivity index (χ1) is 19.3. The summed E-state index contributed by atoms with van der Waals surface area (Å²) >= 11 is 12.3. The molecule has 10 heteroatoms. The summed E-state index contributed by atoms with van der Waals surface area (Å²) in [5.41, 5.74) is 1.50. The molecule has 0 unspecified atom stereocenters. The van der Waals surface area contributed by atoms with Crippen molar-refractivity contribution < 1.29 is 23.9 Å². The van der Waals surface area contributed by atoms with Gasteiger partial charge in [-0.2, -0.15) is 0 Å². The van der Waals surface area contributed by atoms with Crippen molar-refractivity contribution in [2.24, 2.45) is 0 Å². The lowest BCUT2D eigenvalue weighted by Crippen LogP contribution is -2.32. The van der Waals surface area contributed by atoms with Gasteiger partial charge in [0.15, 0.2) is 0 Å². The van der Waals surface area contributed by atoms with Gasteiger partial charge in [0.05, 0.1) is 18.5 Å². The molecule has 0 bridgehead atoms. The summed E-state index contributed by atoms with van der Waals surface area (Å²) in [6.07, 6.45) is 0. The standard InChI is InChI=1S/C30H21Cl2N3O5/c1-39-25-16-9-19(31)17-24(25)34-28(36)18-7-10-20(11-8-18)33-27-26(32)29(37)35(30(27)38)21-12-14-23(15-13-21)40-22-5-3-2-4-6-22/h2-17,33H,1H3,(H,34,36). The van der Waals surface area contributed by atoms with Gasteiger partial charge in [-0.1, -0.05) is 41.4 Å². The largest absolute Gasteiger partial charge is 0.495 e. The van der Waals surface area contributed by atoms with Crippen LogP contribution in [0.2, 0.25) is 5.02 Å². The highest BCUT2D eigenvalue weighted by Gasteiger charge is 2.39. The highest BCUT2D eigenvalue weighted by molar-refractivity contribution is 6.53. The molecule has 2 N–H and O–H groups in total. The number of carbonyl (C=O) groups is 3. The Labute approximate surface area is 239 Å². The first kappa shape index (κ1) is 26.8. The lowest BCUT2D eigenvalue weighted by molar-refractivity contribution is -0.120. The minimum Gasteiger partial charge on any atom is -0.495 e. The van der Waals surface area contributed by atoms with E-state index in [1.807, 2.05) is 30.3 Å². The van der Waals surface area contributed by atoms with Crippen molar-refractivity contribution in [3.05, 3.63) is 118 Å². The number of methoxy groups -OCH3 is 1. The van der Waals surface area contributed by atoms with Crippen LogP contribution in [0.1, 0.15) is 10.4 Å². The first-order valence-corrected chi connectivity index (χ1v) is 12.7. The van der Waals surface area contributed by atoms with Crippen LogP contribution in [0.25, 0.3) is 0 Å². The minimum atomic E-state index is -0.655. The monoisotopic (exact) mass is 573 g/mol. The number of hydrogen-bond acceptors (Lipinski definition) is 6. The molecule has 0 fully saturated rings. The fourth-order valence-corrected chi connectivity index (χ4v) is 4.34. The number of nitrogens with one attached hydrogen (secondary N) is 2. The van der Waals surface area contributed by atoms with Gasteiger partial charge in [-0.15, -0.1) is 0 Å². The van der Waals surface area contributed by atoms with Crippen LogP contribution >= 0.6 is 23.2 Å². The fraction of sp³-hybridized carbons (Fsp3) is 0.0333. The predicted octanol–water partition coefficient (Wildman–Crippen LogP) is 6.83. The highest BCUT2D eigenvalue weighted by atomic mass is 35.5. The van der Waals surface area contributed by atoms with Crippen LogP contribution in [0.4, 0.5) is 17.1 Å². The maximum Gasteiger partial charge on any atom is 0.283 e. The third-order valence-corrected chi connectivity index (χ3v) is 6.51. The summed E-state index contributed by atoms with van der Waals surface area (Å²) in [6.45, 7) is 0. The minimum absolute atomic E-state index is 0.0721. The highest BCUT2D eigenvalue weighted by Crippen LogP contribution is 2.32. The molecule has 4 aromatic carbocycles. The number of rotatable bonds is 8. The molecule has 0 saturated carbocycles. The molecule has 0 spiro atoms. The molecule has 3 amide bonds. The van der Waals surface area contributed by atoms with Crippen molar-refractivity contribution in [1.82, 2.24) is 0 Å².